The number of nitrogens with zero attached hydrogens (tertiary/aromatic N) is 2. The number of thioether (sulfide) groups is 1. The van der Waals surface area contributed by atoms with Crippen LogP contribution in [0.25, 0.3) is 0 Å². The molecule has 0 unspecified atom stereocenters. The predicted octanol–water partition coefficient (Wildman–Crippen LogP) is 4.12. The van der Waals surface area contributed by atoms with E-state index in [4.69, 9.17) is 9.47 Å². The van der Waals surface area contributed by atoms with Gasteiger partial charge in [0.05, 0.1) is 5.25 Å². The Balaban J connectivity index is 1.30. The van der Waals surface area contributed by atoms with Crippen LogP contribution in [-0.4, -0.2) is 28.1 Å². The van der Waals surface area contributed by atoms with Gasteiger partial charge in [-0.15, -0.1) is 10.2 Å². The van der Waals surface area contributed by atoms with Gasteiger partial charge in [0.1, 0.15) is 0 Å². The zero-order valence-electron chi connectivity index (χ0n) is 16.0. The number of ether oxygens (including phenoxy) is 2. The molecule has 0 spiro atoms. The molecule has 0 radical (unpaired) electrons. The van der Waals surface area contributed by atoms with E-state index in [0.717, 1.165) is 26.9 Å². The second kappa shape index (κ2) is 8.71. The molecule has 1 aromatic heterocycles. The maximum atomic E-state index is 12.4. The monoisotopic (exact) mass is 428 g/mol. The molecule has 0 saturated carbocycles. The number of hydrogen-bond acceptors (Lipinski definition) is 8. The molecular formula is C20H20N4O3S2. The van der Waals surface area contributed by atoms with E-state index in [0.29, 0.717) is 17.4 Å². The molecule has 7 nitrogen and oxygen atoms in total. The lowest BCUT2D eigenvalue weighted by molar-refractivity contribution is -0.120. The maximum absolute atomic E-state index is 12.4. The largest absolute Gasteiger partial charge is 0.454 e. The summed E-state index contributed by atoms with van der Waals surface area (Å²) in [5, 5.41) is 15.0. The number of amides is 1. The number of aromatic nitrogens is 2. The summed E-state index contributed by atoms with van der Waals surface area (Å²) in [4.78, 5) is 12.4. The standard InChI is InChI=1S/C20H20N4O3S2/c1-12-5-3-4-6-15(12)22-19-23-24-20(29-19)28-13(2)18(25)21-10-14-7-8-16-17(9-14)27-11-26-16/h3-9,13H,10-11H2,1-2H3,(H,21,25)(H,22,23)/t13-/m0/s1. The van der Waals surface area contributed by atoms with E-state index in [-0.39, 0.29) is 18.0 Å². The number of benzene rings is 2. The van der Waals surface area contributed by atoms with Crippen LogP contribution in [0, 0.1) is 6.92 Å². The van der Waals surface area contributed by atoms with Crippen LogP contribution in [0.15, 0.2) is 46.8 Å². The van der Waals surface area contributed by atoms with Crippen LogP contribution in [0.1, 0.15) is 18.1 Å². The van der Waals surface area contributed by atoms with Crippen molar-refractivity contribution in [2.75, 3.05) is 12.1 Å². The van der Waals surface area contributed by atoms with Crippen LogP contribution < -0.4 is 20.1 Å². The van der Waals surface area contributed by atoms with Gasteiger partial charge >= 0.3 is 0 Å². The van der Waals surface area contributed by atoms with Gasteiger partial charge in [-0.05, 0) is 43.2 Å². The second-order valence-corrected chi connectivity index (χ2v) is 9.04. The molecule has 2 N–H and O–H groups in total. The van der Waals surface area contributed by atoms with Crippen LogP contribution in [0.4, 0.5) is 10.8 Å². The number of para-hydroxylation sites is 1. The topological polar surface area (TPSA) is 85.4 Å². The molecule has 1 amide bonds. The van der Waals surface area contributed by atoms with Gasteiger partial charge in [0.2, 0.25) is 17.8 Å². The number of carbonyl (C=O) groups is 1. The fourth-order valence-corrected chi connectivity index (χ4v) is 4.66. The van der Waals surface area contributed by atoms with Crippen molar-refractivity contribution in [2.24, 2.45) is 0 Å². The molecule has 2 aromatic carbocycles. The van der Waals surface area contributed by atoms with E-state index >= 15 is 0 Å². The van der Waals surface area contributed by atoms with Gasteiger partial charge in [0.25, 0.3) is 0 Å². The Hall–Kier alpha value is -2.78. The highest BCUT2D eigenvalue weighted by molar-refractivity contribution is 8.02. The molecule has 0 bridgehead atoms. The van der Waals surface area contributed by atoms with Crippen molar-refractivity contribution in [3.05, 3.63) is 53.6 Å². The Kier molecular flexibility index (Phi) is 5.86. The average molecular weight is 429 g/mol. The molecule has 0 aliphatic carbocycles. The number of anilines is 2. The van der Waals surface area contributed by atoms with Gasteiger partial charge < -0.3 is 20.1 Å². The first-order valence-corrected chi connectivity index (χ1v) is 10.8. The summed E-state index contributed by atoms with van der Waals surface area (Å²) in [5.41, 5.74) is 3.09. The van der Waals surface area contributed by atoms with Crippen LogP contribution in [0.2, 0.25) is 0 Å². The second-order valence-electron chi connectivity index (χ2n) is 6.48. The highest BCUT2D eigenvalue weighted by Crippen LogP contribution is 2.33. The lowest BCUT2D eigenvalue weighted by atomic mass is 10.2. The number of aryl methyl sites for hydroxylation is 1. The molecule has 3 aromatic rings. The van der Waals surface area contributed by atoms with Crippen molar-refractivity contribution in [1.29, 1.82) is 0 Å². The Morgan fingerprint density at radius 2 is 2.03 bits per heavy atom. The van der Waals surface area contributed by atoms with Crippen LogP contribution in [-0.2, 0) is 11.3 Å². The number of hydrogen-bond donors (Lipinski definition) is 2. The number of rotatable bonds is 7. The van der Waals surface area contributed by atoms with Crippen LogP contribution in [0.5, 0.6) is 11.5 Å². The van der Waals surface area contributed by atoms with Gasteiger partial charge in [-0.1, -0.05) is 47.4 Å². The molecule has 1 aliphatic rings. The molecule has 0 saturated heterocycles. The zero-order valence-corrected chi connectivity index (χ0v) is 17.6. The molecule has 4 rings (SSSR count). The quantitative estimate of drug-likeness (QED) is 0.548. The van der Waals surface area contributed by atoms with Gasteiger partial charge in [0.15, 0.2) is 15.8 Å². The number of fused-ring (bicyclic) bond motifs is 1. The normalized spacial score (nSPS) is 13.2. The fraction of sp³-hybridized carbons (Fsp3) is 0.250. The van der Waals surface area contributed by atoms with Gasteiger partial charge in [-0.3, -0.25) is 4.79 Å². The summed E-state index contributed by atoms with van der Waals surface area (Å²) in [5.74, 6) is 1.38. The summed E-state index contributed by atoms with van der Waals surface area (Å²) in [6.07, 6.45) is 0. The average Bonchev–Trinajstić information content (AvgIpc) is 3.36. The van der Waals surface area contributed by atoms with Crippen molar-refractivity contribution in [1.82, 2.24) is 15.5 Å². The third kappa shape index (κ3) is 4.80. The third-order valence-electron chi connectivity index (χ3n) is 4.34. The van der Waals surface area contributed by atoms with Gasteiger partial charge in [-0.25, -0.2) is 0 Å². The van der Waals surface area contributed by atoms with E-state index in [1.807, 2.05) is 56.3 Å². The zero-order chi connectivity index (χ0) is 20.2. The summed E-state index contributed by atoms with van der Waals surface area (Å²) < 4.78 is 11.4. The maximum Gasteiger partial charge on any atom is 0.233 e. The lowest BCUT2D eigenvalue weighted by Crippen LogP contribution is -2.30. The predicted molar refractivity (Wildman–Crippen MR) is 114 cm³/mol. The van der Waals surface area contributed by atoms with Gasteiger partial charge in [0, 0.05) is 12.2 Å². The smallest absolute Gasteiger partial charge is 0.233 e. The Morgan fingerprint density at radius 3 is 2.90 bits per heavy atom. The highest BCUT2D eigenvalue weighted by Gasteiger charge is 2.18. The minimum atomic E-state index is -0.289. The first-order valence-electron chi connectivity index (χ1n) is 9.07. The molecule has 29 heavy (non-hydrogen) atoms. The first-order chi connectivity index (χ1) is 14.1. The van der Waals surface area contributed by atoms with Crippen molar-refractivity contribution < 1.29 is 14.3 Å². The van der Waals surface area contributed by atoms with Gasteiger partial charge in [-0.2, -0.15) is 0 Å². The first kappa shape index (κ1) is 19.5. The SMILES string of the molecule is Cc1ccccc1Nc1nnc(S[C@@H](C)C(=O)NCc2ccc3c(c2)OCO3)s1. The van der Waals surface area contributed by atoms with Crippen molar-refractivity contribution in [3.63, 3.8) is 0 Å². The van der Waals surface area contributed by atoms with Crippen molar-refractivity contribution in [3.8, 4) is 11.5 Å². The number of carbonyl (C=O) groups excluding carboxylic acids is 1. The molecule has 2 heterocycles. The summed E-state index contributed by atoms with van der Waals surface area (Å²) in [6.45, 7) is 4.55. The van der Waals surface area contributed by atoms with Crippen LogP contribution >= 0.6 is 23.1 Å². The van der Waals surface area contributed by atoms with E-state index in [2.05, 4.69) is 20.8 Å². The molecule has 9 heteroatoms. The molecule has 0 fully saturated rings. The Labute approximate surface area is 176 Å². The molecule has 1 aliphatic heterocycles. The van der Waals surface area contributed by atoms with E-state index < -0.39 is 0 Å². The van der Waals surface area contributed by atoms with E-state index in [9.17, 15) is 4.79 Å². The highest BCUT2D eigenvalue weighted by atomic mass is 32.2. The third-order valence-corrected chi connectivity index (χ3v) is 6.37. The van der Waals surface area contributed by atoms with E-state index in [1.165, 1.54) is 23.1 Å². The fourth-order valence-electron chi connectivity index (χ4n) is 2.72. The van der Waals surface area contributed by atoms with Crippen LogP contribution in [0.3, 0.4) is 0 Å². The molecular weight excluding hydrogens is 408 g/mol. The van der Waals surface area contributed by atoms with Crippen molar-refractivity contribution in [2.45, 2.75) is 30.0 Å². The van der Waals surface area contributed by atoms with Crippen molar-refractivity contribution >= 4 is 39.8 Å². The number of nitrogens with one attached hydrogen (secondary N) is 2. The minimum absolute atomic E-state index is 0.0590. The Morgan fingerprint density at radius 1 is 1.21 bits per heavy atom. The Bertz CT molecular complexity index is 1020. The molecule has 1 atom stereocenters. The molecule has 150 valence electrons. The summed E-state index contributed by atoms with van der Waals surface area (Å²) in [6, 6.07) is 13.6. The van der Waals surface area contributed by atoms with E-state index in [1.54, 1.807) is 0 Å². The summed E-state index contributed by atoms with van der Waals surface area (Å²) in [7, 11) is 0. The summed E-state index contributed by atoms with van der Waals surface area (Å²) >= 11 is 2.82. The minimum Gasteiger partial charge on any atom is -0.454 e. The lowest BCUT2D eigenvalue weighted by Gasteiger charge is -2.10.